The predicted molar refractivity (Wildman–Crippen MR) is 104 cm³/mol. The minimum Gasteiger partial charge on any atom is -0.497 e. The largest absolute Gasteiger partial charge is 0.497 e. The summed E-state index contributed by atoms with van der Waals surface area (Å²) in [5, 5.41) is 2.51. The highest BCUT2D eigenvalue weighted by molar-refractivity contribution is 8.15. The standard InChI is InChI=1S/C19H18FN3O3S/c1-23-17(24)11-16(18(25)21-13-8-6-12(20)7-9-13)27-19(23)22-14-4-3-5-15(10-14)26-2/h3-10,16H,11H2,1-2H3,(H,21,25)/t16-/m1/s1. The van der Waals surface area contributed by atoms with Crippen LogP contribution in [-0.4, -0.2) is 41.3 Å². The van der Waals surface area contributed by atoms with Crippen LogP contribution in [0.2, 0.25) is 0 Å². The lowest BCUT2D eigenvalue weighted by molar-refractivity contribution is -0.128. The number of nitrogens with one attached hydrogen (secondary N) is 1. The first-order valence-corrected chi connectivity index (χ1v) is 9.06. The molecule has 0 saturated carbocycles. The van der Waals surface area contributed by atoms with Gasteiger partial charge in [0.2, 0.25) is 11.8 Å². The van der Waals surface area contributed by atoms with Gasteiger partial charge in [-0.1, -0.05) is 17.8 Å². The molecule has 1 atom stereocenters. The van der Waals surface area contributed by atoms with Gasteiger partial charge in [-0.15, -0.1) is 0 Å². The zero-order valence-electron chi connectivity index (χ0n) is 14.8. The first-order valence-electron chi connectivity index (χ1n) is 8.18. The van der Waals surface area contributed by atoms with Gasteiger partial charge < -0.3 is 10.1 Å². The molecule has 140 valence electrons. The van der Waals surface area contributed by atoms with Crippen molar-refractivity contribution in [3.05, 3.63) is 54.3 Å². The van der Waals surface area contributed by atoms with Crippen LogP contribution in [0.1, 0.15) is 6.42 Å². The lowest BCUT2D eigenvalue weighted by Gasteiger charge is -2.28. The van der Waals surface area contributed by atoms with Gasteiger partial charge >= 0.3 is 0 Å². The first-order chi connectivity index (χ1) is 13.0. The average molecular weight is 387 g/mol. The highest BCUT2D eigenvalue weighted by Crippen LogP contribution is 2.30. The Morgan fingerprint density at radius 3 is 2.74 bits per heavy atom. The van der Waals surface area contributed by atoms with Gasteiger partial charge in [0.15, 0.2) is 5.17 Å². The summed E-state index contributed by atoms with van der Waals surface area (Å²) in [7, 11) is 3.19. The number of anilines is 1. The number of carbonyl (C=O) groups is 2. The van der Waals surface area contributed by atoms with Crippen molar-refractivity contribution >= 4 is 40.1 Å². The number of rotatable bonds is 4. The molecule has 2 aromatic rings. The van der Waals surface area contributed by atoms with Crippen LogP contribution in [0.5, 0.6) is 5.75 Å². The Balaban J connectivity index is 1.77. The number of amidine groups is 1. The Bertz CT molecular complexity index is 886. The predicted octanol–water partition coefficient (Wildman–Crippen LogP) is 3.42. The molecule has 1 N–H and O–H groups in total. The summed E-state index contributed by atoms with van der Waals surface area (Å²) in [5.74, 6) is -0.261. The van der Waals surface area contributed by atoms with Crippen LogP contribution >= 0.6 is 11.8 Å². The molecule has 1 fully saturated rings. The quantitative estimate of drug-likeness (QED) is 0.873. The monoisotopic (exact) mass is 387 g/mol. The van der Waals surface area contributed by atoms with Crippen LogP contribution in [0.25, 0.3) is 0 Å². The molecule has 6 nitrogen and oxygen atoms in total. The van der Waals surface area contributed by atoms with Crippen molar-refractivity contribution in [2.45, 2.75) is 11.7 Å². The fraction of sp³-hybridized carbons (Fsp3) is 0.211. The van der Waals surface area contributed by atoms with Crippen LogP contribution in [0.4, 0.5) is 15.8 Å². The number of hydrogen-bond donors (Lipinski definition) is 1. The van der Waals surface area contributed by atoms with E-state index in [9.17, 15) is 14.0 Å². The van der Waals surface area contributed by atoms with Gasteiger partial charge in [0.05, 0.1) is 12.8 Å². The molecule has 0 radical (unpaired) electrons. The molecule has 0 aliphatic carbocycles. The third-order valence-corrected chi connectivity index (χ3v) is 5.19. The summed E-state index contributed by atoms with van der Waals surface area (Å²) in [6.45, 7) is 0. The molecule has 1 aliphatic heterocycles. The number of nitrogens with zero attached hydrogens (tertiary/aromatic N) is 2. The van der Waals surface area contributed by atoms with Crippen molar-refractivity contribution in [1.29, 1.82) is 0 Å². The minimum atomic E-state index is -0.622. The van der Waals surface area contributed by atoms with Gasteiger partial charge in [-0.25, -0.2) is 9.38 Å². The molecule has 0 bridgehead atoms. The molecule has 1 heterocycles. The Hall–Kier alpha value is -2.87. The topological polar surface area (TPSA) is 71.0 Å². The van der Waals surface area contributed by atoms with Gasteiger partial charge in [-0.05, 0) is 36.4 Å². The van der Waals surface area contributed by atoms with E-state index in [0.717, 1.165) is 0 Å². The van der Waals surface area contributed by atoms with Crippen LogP contribution in [0, 0.1) is 5.82 Å². The Labute approximate surface area is 160 Å². The van der Waals surface area contributed by atoms with Gasteiger partial charge in [0.1, 0.15) is 16.8 Å². The summed E-state index contributed by atoms with van der Waals surface area (Å²) in [4.78, 5) is 30.8. The van der Waals surface area contributed by atoms with E-state index in [2.05, 4.69) is 10.3 Å². The second-order valence-corrected chi connectivity index (χ2v) is 7.03. The highest BCUT2D eigenvalue weighted by atomic mass is 32.2. The van der Waals surface area contributed by atoms with Crippen molar-refractivity contribution in [1.82, 2.24) is 4.90 Å². The van der Waals surface area contributed by atoms with Gasteiger partial charge in [-0.3, -0.25) is 14.5 Å². The summed E-state index contributed by atoms with van der Waals surface area (Å²) in [5.41, 5.74) is 1.09. The van der Waals surface area contributed by atoms with Gasteiger partial charge in [0.25, 0.3) is 0 Å². The number of aliphatic imine (C=N–C) groups is 1. The number of methoxy groups -OCH3 is 1. The van der Waals surface area contributed by atoms with E-state index >= 15 is 0 Å². The number of amides is 2. The number of thioether (sulfide) groups is 1. The second kappa shape index (κ2) is 8.22. The Morgan fingerprint density at radius 1 is 1.30 bits per heavy atom. The molecule has 1 aliphatic rings. The van der Waals surface area contributed by atoms with Crippen molar-refractivity contribution < 1.29 is 18.7 Å². The average Bonchev–Trinajstić information content (AvgIpc) is 2.67. The lowest BCUT2D eigenvalue weighted by Crippen LogP contribution is -2.43. The summed E-state index contributed by atoms with van der Waals surface area (Å²) in [6, 6.07) is 12.6. The summed E-state index contributed by atoms with van der Waals surface area (Å²) < 4.78 is 18.2. The third-order valence-electron chi connectivity index (χ3n) is 3.95. The van der Waals surface area contributed by atoms with Crippen LogP contribution < -0.4 is 10.1 Å². The maximum Gasteiger partial charge on any atom is 0.238 e. The number of benzene rings is 2. The maximum absolute atomic E-state index is 13.0. The third kappa shape index (κ3) is 4.65. The first kappa shape index (κ1) is 18.9. The maximum atomic E-state index is 13.0. The number of carbonyl (C=O) groups excluding carboxylic acids is 2. The number of halogens is 1. The lowest BCUT2D eigenvalue weighted by atomic mass is 10.2. The van der Waals surface area contributed by atoms with Crippen LogP contribution in [0.15, 0.2) is 53.5 Å². The Morgan fingerprint density at radius 2 is 2.04 bits per heavy atom. The molecule has 3 rings (SSSR count). The van der Waals surface area contributed by atoms with Gasteiger partial charge in [-0.2, -0.15) is 0 Å². The zero-order chi connectivity index (χ0) is 19.4. The fourth-order valence-electron chi connectivity index (χ4n) is 2.44. The van der Waals surface area contributed by atoms with Crippen molar-refractivity contribution in [3.63, 3.8) is 0 Å². The smallest absolute Gasteiger partial charge is 0.238 e. The van der Waals surface area contributed by atoms with Crippen molar-refractivity contribution in [2.24, 2.45) is 4.99 Å². The molecule has 0 aromatic heterocycles. The molecule has 1 saturated heterocycles. The number of hydrogen-bond acceptors (Lipinski definition) is 5. The molecule has 27 heavy (non-hydrogen) atoms. The zero-order valence-corrected chi connectivity index (χ0v) is 15.6. The fourth-order valence-corrected chi connectivity index (χ4v) is 3.51. The van der Waals surface area contributed by atoms with Crippen LogP contribution in [-0.2, 0) is 9.59 Å². The minimum absolute atomic E-state index is 0.0608. The SMILES string of the molecule is COc1cccc(N=C2S[C@@H](C(=O)Nc3ccc(F)cc3)CC(=O)N2C)c1. The molecule has 8 heteroatoms. The molecule has 2 aromatic carbocycles. The van der Waals surface area contributed by atoms with E-state index in [0.29, 0.717) is 22.3 Å². The molecule has 2 amide bonds. The summed E-state index contributed by atoms with van der Waals surface area (Å²) >= 11 is 1.21. The van der Waals surface area contributed by atoms with Crippen molar-refractivity contribution in [2.75, 3.05) is 19.5 Å². The van der Waals surface area contributed by atoms with E-state index in [-0.39, 0.29) is 24.1 Å². The molecule has 0 unspecified atom stereocenters. The van der Waals surface area contributed by atoms with E-state index in [1.165, 1.54) is 40.9 Å². The second-order valence-electron chi connectivity index (χ2n) is 5.86. The van der Waals surface area contributed by atoms with Crippen molar-refractivity contribution in [3.8, 4) is 5.75 Å². The van der Waals surface area contributed by atoms with Crippen LogP contribution in [0.3, 0.4) is 0 Å². The van der Waals surface area contributed by atoms with E-state index in [1.807, 2.05) is 0 Å². The van der Waals surface area contributed by atoms with E-state index < -0.39 is 5.25 Å². The van der Waals surface area contributed by atoms with Gasteiger partial charge in [0, 0.05) is 25.2 Å². The van der Waals surface area contributed by atoms with E-state index in [1.54, 1.807) is 38.4 Å². The normalized spacial score (nSPS) is 18.5. The Kier molecular flexibility index (Phi) is 5.75. The van der Waals surface area contributed by atoms with E-state index in [4.69, 9.17) is 4.74 Å². The molecular formula is C19H18FN3O3S. The molecule has 0 spiro atoms. The molecular weight excluding hydrogens is 369 g/mol. The summed E-state index contributed by atoms with van der Waals surface area (Å²) in [6.07, 6.45) is 0.0608. The highest BCUT2D eigenvalue weighted by Gasteiger charge is 2.34. The number of ether oxygens (including phenoxy) is 1.